The summed E-state index contributed by atoms with van der Waals surface area (Å²) in [6.45, 7) is 0.751. The fourth-order valence-corrected chi connectivity index (χ4v) is 3.92. The fraction of sp³-hybridized carbons (Fsp3) is 0.100. The molecule has 0 spiro atoms. The minimum absolute atomic E-state index is 0. The molecule has 3 aromatic carbocycles. The molecule has 0 saturated carbocycles. The highest BCUT2D eigenvalue weighted by molar-refractivity contribution is 5.89. The number of carbonyl (C=O) groups excluding carboxylic acids is 1. The highest BCUT2D eigenvalue weighted by atomic mass is 35.5. The molecular weight excluding hydrogens is 502 g/mol. The molecule has 2 aromatic heterocycles. The summed E-state index contributed by atoms with van der Waals surface area (Å²) < 4.78 is 15.9. The number of furan rings is 1. The normalized spacial score (nSPS) is 10.5. The standard InChI is InChI=1S/C30H25N3O4.ClH/c1-35-30(34)25-8-4-21(5-9-25)18-37-27-17-32-28(23-6-2-20(16-31)3-7-23)29(33-27)24-12-10-22(11-13-24)26-14-15-36-19-26;/h2-15,17,19H,16,18,31H2,1H3;1H. The minimum Gasteiger partial charge on any atom is -0.472 e. The van der Waals surface area contributed by atoms with Crippen LogP contribution in [-0.2, 0) is 17.9 Å². The molecule has 192 valence electrons. The third kappa shape index (κ3) is 5.91. The van der Waals surface area contributed by atoms with E-state index in [1.54, 1.807) is 30.9 Å². The Morgan fingerprint density at radius 3 is 2.08 bits per heavy atom. The van der Waals surface area contributed by atoms with Crippen molar-refractivity contribution in [3.05, 3.63) is 114 Å². The van der Waals surface area contributed by atoms with Crippen molar-refractivity contribution >= 4 is 18.4 Å². The first-order valence-corrected chi connectivity index (χ1v) is 11.7. The first-order valence-electron chi connectivity index (χ1n) is 11.7. The number of nitrogens with zero attached hydrogens (tertiary/aromatic N) is 2. The van der Waals surface area contributed by atoms with Gasteiger partial charge in [0, 0.05) is 23.2 Å². The summed E-state index contributed by atoms with van der Waals surface area (Å²) in [6, 6.07) is 25.0. The number of aromatic nitrogens is 2. The molecule has 0 atom stereocenters. The van der Waals surface area contributed by atoms with Crippen LogP contribution in [0.5, 0.6) is 5.88 Å². The zero-order valence-electron chi connectivity index (χ0n) is 20.7. The lowest BCUT2D eigenvalue weighted by Gasteiger charge is -2.12. The van der Waals surface area contributed by atoms with Crippen molar-refractivity contribution in [2.24, 2.45) is 5.73 Å². The Bertz CT molecular complexity index is 1480. The predicted molar refractivity (Wildman–Crippen MR) is 148 cm³/mol. The number of carbonyl (C=O) groups is 1. The van der Waals surface area contributed by atoms with Gasteiger partial charge in [0.1, 0.15) is 12.3 Å². The summed E-state index contributed by atoms with van der Waals surface area (Å²) in [5.74, 6) is 0.0186. The van der Waals surface area contributed by atoms with Crippen LogP contribution in [0.3, 0.4) is 0 Å². The summed E-state index contributed by atoms with van der Waals surface area (Å²) in [5.41, 5.74) is 13.5. The van der Waals surface area contributed by atoms with Crippen LogP contribution in [0.1, 0.15) is 21.5 Å². The average Bonchev–Trinajstić information content (AvgIpc) is 3.51. The number of hydrogen-bond acceptors (Lipinski definition) is 7. The molecule has 0 amide bonds. The molecule has 0 bridgehead atoms. The van der Waals surface area contributed by atoms with Crippen LogP contribution in [0.2, 0.25) is 0 Å². The Labute approximate surface area is 226 Å². The van der Waals surface area contributed by atoms with E-state index in [4.69, 9.17) is 29.6 Å². The SMILES string of the molecule is COC(=O)c1ccc(COc2cnc(-c3ccc(CN)cc3)c(-c3ccc(-c4ccoc4)cc3)n2)cc1.Cl. The number of halogens is 1. The summed E-state index contributed by atoms with van der Waals surface area (Å²) in [4.78, 5) is 21.2. The van der Waals surface area contributed by atoms with Gasteiger partial charge in [0.25, 0.3) is 0 Å². The molecular formula is C30H26ClN3O4. The Kier molecular flexibility index (Phi) is 8.53. The van der Waals surface area contributed by atoms with E-state index in [2.05, 4.69) is 0 Å². The van der Waals surface area contributed by atoms with Gasteiger partial charge in [-0.3, -0.25) is 0 Å². The summed E-state index contributed by atoms with van der Waals surface area (Å²) in [5, 5.41) is 0. The Hall–Kier alpha value is -4.46. The highest BCUT2D eigenvalue weighted by Gasteiger charge is 2.14. The van der Waals surface area contributed by atoms with E-state index in [1.165, 1.54) is 7.11 Å². The van der Waals surface area contributed by atoms with Crippen LogP contribution in [-0.4, -0.2) is 23.0 Å². The molecule has 0 aliphatic heterocycles. The van der Waals surface area contributed by atoms with Crippen LogP contribution >= 0.6 is 12.4 Å². The van der Waals surface area contributed by atoms with Crippen molar-refractivity contribution in [2.45, 2.75) is 13.2 Å². The average molecular weight is 528 g/mol. The molecule has 0 fully saturated rings. The third-order valence-electron chi connectivity index (χ3n) is 5.99. The Morgan fingerprint density at radius 2 is 1.45 bits per heavy atom. The van der Waals surface area contributed by atoms with E-state index in [0.29, 0.717) is 23.7 Å². The van der Waals surface area contributed by atoms with Gasteiger partial charge in [0.05, 0.1) is 37.1 Å². The topological polar surface area (TPSA) is 100 Å². The van der Waals surface area contributed by atoms with E-state index in [-0.39, 0.29) is 25.0 Å². The Balaban J connectivity index is 0.00000336. The quantitative estimate of drug-likeness (QED) is 0.236. The fourth-order valence-electron chi connectivity index (χ4n) is 3.92. The van der Waals surface area contributed by atoms with Gasteiger partial charge >= 0.3 is 5.97 Å². The molecule has 38 heavy (non-hydrogen) atoms. The summed E-state index contributed by atoms with van der Waals surface area (Å²) in [6.07, 6.45) is 4.99. The maximum atomic E-state index is 11.7. The maximum Gasteiger partial charge on any atom is 0.337 e. The zero-order valence-corrected chi connectivity index (χ0v) is 21.5. The second-order valence-corrected chi connectivity index (χ2v) is 8.37. The second kappa shape index (κ2) is 12.2. The van der Waals surface area contributed by atoms with Gasteiger partial charge in [-0.05, 0) is 34.9 Å². The molecule has 8 heteroatoms. The van der Waals surface area contributed by atoms with E-state index in [0.717, 1.165) is 39.1 Å². The molecule has 0 saturated heterocycles. The van der Waals surface area contributed by atoms with E-state index < -0.39 is 0 Å². The second-order valence-electron chi connectivity index (χ2n) is 8.37. The number of hydrogen-bond donors (Lipinski definition) is 1. The first kappa shape index (κ1) is 26.6. The smallest absolute Gasteiger partial charge is 0.337 e. The molecule has 5 aromatic rings. The molecule has 0 aliphatic rings. The Morgan fingerprint density at radius 1 is 0.816 bits per heavy atom. The minimum atomic E-state index is -0.378. The van der Waals surface area contributed by atoms with Gasteiger partial charge < -0.3 is 19.6 Å². The van der Waals surface area contributed by atoms with Gasteiger partial charge in [0.15, 0.2) is 0 Å². The van der Waals surface area contributed by atoms with Crippen molar-refractivity contribution in [2.75, 3.05) is 7.11 Å². The van der Waals surface area contributed by atoms with Gasteiger partial charge in [-0.2, -0.15) is 0 Å². The summed E-state index contributed by atoms with van der Waals surface area (Å²) in [7, 11) is 1.36. The van der Waals surface area contributed by atoms with Crippen LogP contribution in [0.4, 0.5) is 0 Å². The van der Waals surface area contributed by atoms with Crippen molar-refractivity contribution < 1.29 is 18.7 Å². The van der Waals surface area contributed by atoms with Crippen LogP contribution in [0, 0.1) is 0 Å². The zero-order chi connectivity index (χ0) is 25.6. The number of methoxy groups -OCH3 is 1. The van der Waals surface area contributed by atoms with Crippen molar-refractivity contribution in [1.29, 1.82) is 0 Å². The van der Waals surface area contributed by atoms with E-state index in [9.17, 15) is 4.79 Å². The largest absolute Gasteiger partial charge is 0.472 e. The molecule has 0 aliphatic carbocycles. The molecule has 5 rings (SSSR count). The number of esters is 1. The number of nitrogens with two attached hydrogens (primary N) is 1. The summed E-state index contributed by atoms with van der Waals surface area (Å²) >= 11 is 0. The number of ether oxygens (including phenoxy) is 2. The van der Waals surface area contributed by atoms with Gasteiger partial charge in [-0.15, -0.1) is 12.4 Å². The van der Waals surface area contributed by atoms with Crippen molar-refractivity contribution in [3.63, 3.8) is 0 Å². The van der Waals surface area contributed by atoms with Gasteiger partial charge in [-0.1, -0.05) is 60.7 Å². The van der Waals surface area contributed by atoms with E-state index >= 15 is 0 Å². The van der Waals surface area contributed by atoms with Crippen LogP contribution < -0.4 is 10.5 Å². The lowest BCUT2D eigenvalue weighted by molar-refractivity contribution is 0.0600. The van der Waals surface area contributed by atoms with E-state index in [1.807, 2.05) is 66.7 Å². The molecule has 7 nitrogen and oxygen atoms in total. The predicted octanol–water partition coefficient (Wildman–Crippen LogP) is 6.32. The first-order chi connectivity index (χ1) is 18.1. The molecule has 2 heterocycles. The maximum absolute atomic E-state index is 11.7. The van der Waals surface area contributed by atoms with Crippen molar-refractivity contribution in [1.82, 2.24) is 9.97 Å². The van der Waals surface area contributed by atoms with Crippen LogP contribution in [0.15, 0.2) is 102 Å². The molecule has 0 unspecified atom stereocenters. The lowest BCUT2D eigenvalue weighted by atomic mass is 10.0. The molecule has 0 radical (unpaired) electrons. The third-order valence-corrected chi connectivity index (χ3v) is 5.99. The van der Waals surface area contributed by atoms with Gasteiger partial charge in [-0.25, -0.2) is 14.8 Å². The molecule has 2 N–H and O–H groups in total. The van der Waals surface area contributed by atoms with Crippen molar-refractivity contribution in [3.8, 4) is 39.5 Å². The van der Waals surface area contributed by atoms with Gasteiger partial charge in [0.2, 0.25) is 5.88 Å². The highest BCUT2D eigenvalue weighted by Crippen LogP contribution is 2.32. The van der Waals surface area contributed by atoms with Crippen LogP contribution in [0.25, 0.3) is 33.6 Å². The monoisotopic (exact) mass is 527 g/mol. The lowest BCUT2D eigenvalue weighted by Crippen LogP contribution is -2.03. The number of benzene rings is 3. The number of rotatable bonds is 8.